The zero-order valence-corrected chi connectivity index (χ0v) is 8.98. The maximum atomic E-state index is 5.75. The third-order valence-electron chi connectivity index (χ3n) is 2.05. The second-order valence-electron chi connectivity index (χ2n) is 3.16. The number of hydrogen-bond donors (Lipinski definition) is 2. The molecule has 0 spiro atoms. The van der Waals surface area contributed by atoms with E-state index < -0.39 is 0 Å². The van der Waals surface area contributed by atoms with Gasteiger partial charge in [-0.25, -0.2) is 0 Å². The van der Waals surface area contributed by atoms with Crippen LogP contribution in [-0.2, 0) is 6.54 Å². The van der Waals surface area contributed by atoms with Crippen LogP contribution in [0.5, 0.6) is 0 Å². The molecule has 0 radical (unpaired) electrons. The minimum atomic E-state index is 0.518. The van der Waals surface area contributed by atoms with E-state index in [0.29, 0.717) is 5.82 Å². The fourth-order valence-electron chi connectivity index (χ4n) is 1.39. The van der Waals surface area contributed by atoms with Crippen molar-refractivity contribution in [3.05, 3.63) is 16.6 Å². The molecule has 0 aliphatic carbocycles. The minimum Gasteiger partial charge on any atom is -0.382 e. The molecule has 2 heterocycles. The van der Waals surface area contributed by atoms with Crippen LogP contribution in [-0.4, -0.2) is 17.2 Å². The van der Waals surface area contributed by atoms with Gasteiger partial charge >= 0.3 is 0 Å². The predicted molar refractivity (Wildman–Crippen MR) is 59.3 cm³/mol. The summed E-state index contributed by atoms with van der Waals surface area (Å²) in [6.07, 6.45) is 0. The van der Waals surface area contributed by atoms with Gasteiger partial charge in [0.25, 0.3) is 0 Å². The molecule has 74 valence electrons. The first kappa shape index (κ1) is 9.36. The first-order valence-corrected chi connectivity index (χ1v) is 5.20. The van der Waals surface area contributed by atoms with Gasteiger partial charge in [0.2, 0.25) is 0 Å². The van der Waals surface area contributed by atoms with Crippen molar-refractivity contribution >= 4 is 27.2 Å². The van der Waals surface area contributed by atoms with Crippen LogP contribution in [0.25, 0.3) is 10.1 Å². The molecular formula is C9H12N4S. The molecule has 0 aliphatic rings. The Labute approximate surface area is 86.1 Å². The third-order valence-corrected chi connectivity index (χ3v) is 3.29. The molecule has 2 aromatic rings. The Morgan fingerprint density at radius 3 is 2.93 bits per heavy atom. The largest absolute Gasteiger partial charge is 0.382 e. The first-order valence-electron chi connectivity index (χ1n) is 4.38. The number of nitrogens with one attached hydrogen (secondary N) is 1. The summed E-state index contributed by atoms with van der Waals surface area (Å²) in [7, 11) is 1.93. The molecule has 0 bridgehead atoms. The summed E-state index contributed by atoms with van der Waals surface area (Å²) in [4.78, 5) is 1.26. The van der Waals surface area contributed by atoms with E-state index in [1.165, 1.54) is 4.88 Å². The fourth-order valence-corrected chi connectivity index (χ4v) is 2.51. The molecule has 5 heteroatoms. The molecule has 0 aromatic carbocycles. The van der Waals surface area contributed by atoms with E-state index in [1.807, 2.05) is 14.0 Å². The summed E-state index contributed by atoms with van der Waals surface area (Å²) in [6, 6.07) is 2.08. The highest BCUT2D eigenvalue weighted by Crippen LogP contribution is 2.29. The summed E-state index contributed by atoms with van der Waals surface area (Å²) in [5, 5.41) is 12.0. The maximum Gasteiger partial charge on any atom is 0.154 e. The second-order valence-corrected chi connectivity index (χ2v) is 4.29. The highest BCUT2D eigenvalue weighted by Gasteiger charge is 2.08. The van der Waals surface area contributed by atoms with E-state index in [9.17, 15) is 0 Å². The molecular weight excluding hydrogens is 196 g/mol. The molecule has 0 fully saturated rings. The number of nitrogens with two attached hydrogens (primary N) is 1. The quantitative estimate of drug-likeness (QED) is 0.781. The molecule has 14 heavy (non-hydrogen) atoms. The molecule has 2 rings (SSSR count). The van der Waals surface area contributed by atoms with Crippen LogP contribution >= 0.6 is 11.3 Å². The lowest BCUT2D eigenvalue weighted by atomic mass is 10.3. The second kappa shape index (κ2) is 3.51. The highest BCUT2D eigenvalue weighted by molar-refractivity contribution is 7.19. The SMILES string of the molecule is CNCc1cc2c(N)nnc(C)c2s1. The van der Waals surface area contributed by atoms with Crippen LogP contribution < -0.4 is 11.1 Å². The van der Waals surface area contributed by atoms with Crippen molar-refractivity contribution in [2.75, 3.05) is 12.8 Å². The minimum absolute atomic E-state index is 0.518. The van der Waals surface area contributed by atoms with Gasteiger partial charge in [-0.15, -0.1) is 16.4 Å². The van der Waals surface area contributed by atoms with Gasteiger partial charge in [-0.2, -0.15) is 5.10 Å². The van der Waals surface area contributed by atoms with Crippen molar-refractivity contribution < 1.29 is 0 Å². The van der Waals surface area contributed by atoms with Crippen molar-refractivity contribution in [2.24, 2.45) is 0 Å². The number of aromatic nitrogens is 2. The van der Waals surface area contributed by atoms with Crippen LogP contribution in [0.1, 0.15) is 10.6 Å². The van der Waals surface area contributed by atoms with Gasteiger partial charge in [0.15, 0.2) is 5.82 Å². The molecule has 0 aliphatic heterocycles. The Bertz CT molecular complexity index is 424. The average molecular weight is 208 g/mol. The Morgan fingerprint density at radius 2 is 2.29 bits per heavy atom. The smallest absolute Gasteiger partial charge is 0.154 e. The van der Waals surface area contributed by atoms with Crippen LogP contribution in [0.3, 0.4) is 0 Å². The van der Waals surface area contributed by atoms with E-state index in [0.717, 1.165) is 22.3 Å². The van der Waals surface area contributed by atoms with Crippen LogP contribution in [0.4, 0.5) is 5.82 Å². The molecule has 0 saturated carbocycles. The molecule has 0 unspecified atom stereocenters. The number of fused-ring (bicyclic) bond motifs is 1. The average Bonchev–Trinajstić information content (AvgIpc) is 2.57. The monoisotopic (exact) mass is 208 g/mol. The standard InChI is InChI=1S/C9H12N4S/c1-5-8-7(9(10)13-12-5)3-6(14-8)4-11-2/h3,11H,4H2,1-2H3,(H2,10,13). The van der Waals surface area contributed by atoms with Crippen molar-refractivity contribution in [1.82, 2.24) is 15.5 Å². The molecule has 4 nitrogen and oxygen atoms in total. The van der Waals surface area contributed by atoms with Crippen LogP contribution in [0.15, 0.2) is 6.07 Å². The number of nitrogen functional groups attached to an aromatic ring is 1. The number of hydrogen-bond acceptors (Lipinski definition) is 5. The van der Waals surface area contributed by atoms with E-state index >= 15 is 0 Å². The molecule has 0 saturated heterocycles. The third kappa shape index (κ3) is 1.44. The summed E-state index contributed by atoms with van der Waals surface area (Å²) in [5.41, 5.74) is 6.69. The normalized spacial score (nSPS) is 11.0. The number of anilines is 1. The first-order chi connectivity index (χ1) is 6.72. The van der Waals surface area contributed by atoms with Crippen molar-refractivity contribution in [3.8, 4) is 0 Å². The lowest BCUT2D eigenvalue weighted by Gasteiger charge is -1.95. The van der Waals surface area contributed by atoms with Gasteiger partial charge in [0, 0.05) is 16.8 Å². The van der Waals surface area contributed by atoms with Gasteiger partial charge in [0.1, 0.15) is 0 Å². The van der Waals surface area contributed by atoms with Gasteiger partial charge in [-0.05, 0) is 20.0 Å². The predicted octanol–water partition coefficient (Wildman–Crippen LogP) is 1.30. The van der Waals surface area contributed by atoms with Gasteiger partial charge in [0.05, 0.1) is 10.4 Å². The van der Waals surface area contributed by atoms with Crippen molar-refractivity contribution in [2.45, 2.75) is 13.5 Å². The van der Waals surface area contributed by atoms with Gasteiger partial charge in [-0.1, -0.05) is 0 Å². The highest BCUT2D eigenvalue weighted by atomic mass is 32.1. The number of nitrogens with zero attached hydrogens (tertiary/aromatic N) is 2. The number of rotatable bonds is 2. The van der Waals surface area contributed by atoms with Crippen molar-refractivity contribution in [1.29, 1.82) is 0 Å². The molecule has 3 N–H and O–H groups in total. The Balaban J connectivity index is 2.63. The van der Waals surface area contributed by atoms with Gasteiger partial charge < -0.3 is 11.1 Å². The molecule has 0 atom stereocenters. The Hall–Kier alpha value is -1.20. The summed E-state index contributed by atoms with van der Waals surface area (Å²) in [5.74, 6) is 0.518. The van der Waals surface area contributed by atoms with Crippen molar-refractivity contribution in [3.63, 3.8) is 0 Å². The van der Waals surface area contributed by atoms with Gasteiger partial charge in [-0.3, -0.25) is 0 Å². The van der Waals surface area contributed by atoms with E-state index in [-0.39, 0.29) is 0 Å². The zero-order valence-electron chi connectivity index (χ0n) is 8.16. The maximum absolute atomic E-state index is 5.75. The summed E-state index contributed by atoms with van der Waals surface area (Å²) in [6.45, 7) is 2.81. The van der Waals surface area contributed by atoms with E-state index in [2.05, 4.69) is 21.6 Å². The number of thiophene rings is 1. The number of aryl methyl sites for hydroxylation is 1. The fraction of sp³-hybridized carbons (Fsp3) is 0.333. The Kier molecular flexibility index (Phi) is 2.35. The molecule has 0 amide bonds. The lowest BCUT2D eigenvalue weighted by Crippen LogP contribution is -2.02. The summed E-state index contributed by atoms with van der Waals surface area (Å²) < 4.78 is 1.14. The van der Waals surface area contributed by atoms with E-state index in [1.54, 1.807) is 11.3 Å². The van der Waals surface area contributed by atoms with E-state index in [4.69, 9.17) is 5.73 Å². The van der Waals surface area contributed by atoms with Crippen LogP contribution in [0, 0.1) is 6.92 Å². The summed E-state index contributed by atoms with van der Waals surface area (Å²) >= 11 is 1.72. The Morgan fingerprint density at radius 1 is 1.50 bits per heavy atom. The lowest BCUT2D eigenvalue weighted by molar-refractivity contribution is 0.832. The topological polar surface area (TPSA) is 63.8 Å². The van der Waals surface area contributed by atoms with Crippen LogP contribution in [0.2, 0.25) is 0 Å². The molecule has 2 aromatic heterocycles. The zero-order chi connectivity index (χ0) is 10.1.